The maximum absolute atomic E-state index is 4.79. The van der Waals surface area contributed by atoms with E-state index < -0.39 is 0 Å². The summed E-state index contributed by atoms with van der Waals surface area (Å²) in [6, 6.07) is 13.3. The molecule has 1 nitrogen and oxygen atoms in total. The largest absolute Gasteiger partial charge is 0.256 e. The molecule has 1 fully saturated rings. The van der Waals surface area contributed by atoms with Gasteiger partial charge in [-0.05, 0) is 60.3 Å². The zero-order valence-corrected chi connectivity index (χ0v) is 15.8. The van der Waals surface area contributed by atoms with Gasteiger partial charge >= 0.3 is 0 Å². The summed E-state index contributed by atoms with van der Waals surface area (Å²) in [5, 5.41) is 0. The van der Waals surface area contributed by atoms with Crippen LogP contribution in [0.25, 0.3) is 5.57 Å². The minimum Gasteiger partial charge on any atom is -0.256 e. The van der Waals surface area contributed by atoms with Crippen molar-refractivity contribution in [2.75, 3.05) is 6.26 Å². The van der Waals surface area contributed by atoms with E-state index in [1.165, 1.54) is 47.3 Å². The van der Waals surface area contributed by atoms with Crippen LogP contribution in [0.1, 0.15) is 62.3 Å². The van der Waals surface area contributed by atoms with Crippen LogP contribution in [0.5, 0.6) is 0 Å². The summed E-state index contributed by atoms with van der Waals surface area (Å²) in [5.74, 6) is 1.22. The second-order valence-electron chi connectivity index (χ2n) is 6.98. The first-order valence-electron chi connectivity index (χ1n) is 9.00. The third kappa shape index (κ3) is 4.10. The summed E-state index contributed by atoms with van der Waals surface area (Å²) in [5.41, 5.74) is 4.98. The van der Waals surface area contributed by atoms with Gasteiger partial charge in [0.1, 0.15) is 0 Å². The Morgan fingerprint density at radius 1 is 1.08 bits per heavy atom. The molecule has 1 heterocycles. The van der Waals surface area contributed by atoms with Crippen molar-refractivity contribution in [3.8, 4) is 0 Å². The third-order valence-corrected chi connectivity index (χ3v) is 5.68. The first-order valence-corrected chi connectivity index (χ1v) is 10.2. The fourth-order valence-electron chi connectivity index (χ4n) is 3.37. The molecule has 1 saturated carbocycles. The number of nitrogens with zero attached hydrogens (tertiary/aromatic N) is 1. The van der Waals surface area contributed by atoms with Gasteiger partial charge in [0.05, 0.1) is 5.69 Å². The lowest BCUT2D eigenvalue weighted by Crippen LogP contribution is -1.98. The van der Waals surface area contributed by atoms with Gasteiger partial charge in [-0.2, -0.15) is 0 Å². The van der Waals surface area contributed by atoms with Crippen LogP contribution in [0.15, 0.2) is 53.6 Å². The van der Waals surface area contributed by atoms with Crippen LogP contribution in [0.2, 0.25) is 0 Å². The van der Waals surface area contributed by atoms with Gasteiger partial charge in [0.2, 0.25) is 0 Å². The van der Waals surface area contributed by atoms with Crippen LogP contribution in [-0.4, -0.2) is 11.2 Å². The number of pyridine rings is 1. The first-order chi connectivity index (χ1) is 11.7. The minimum absolute atomic E-state index is 0.523. The van der Waals surface area contributed by atoms with E-state index in [0.29, 0.717) is 11.8 Å². The molecule has 1 aliphatic rings. The number of aromatic nitrogens is 1. The predicted molar refractivity (Wildman–Crippen MR) is 106 cm³/mol. The Hall–Kier alpha value is -1.54. The van der Waals surface area contributed by atoms with Crippen LogP contribution < -0.4 is 0 Å². The molecule has 2 heteroatoms. The van der Waals surface area contributed by atoms with Crippen molar-refractivity contribution in [1.29, 1.82) is 0 Å². The molecule has 126 valence electrons. The topological polar surface area (TPSA) is 12.9 Å². The van der Waals surface area contributed by atoms with E-state index in [4.69, 9.17) is 4.98 Å². The van der Waals surface area contributed by atoms with Gasteiger partial charge in [0, 0.05) is 16.7 Å². The van der Waals surface area contributed by atoms with Crippen molar-refractivity contribution in [3.63, 3.8) is 0 Å². The van der Waals surface area contributed by atoms with E-state index in [0.717, 1.165) is 5.69 Å². The highest BCUT2D eigenvalue weighted by atomic mass is 32.2. The normalized spacial score (nSPS) is 16.1. The zero-order valence-electron chi connectivity index (χ0n) is 15.0. The lowest BCUT2D eigenvalue weighted by molar-refractivity contribution is 0.687. The second-order valence-corrected chi connectivity index (χ2v) is 7.86. The lowest BCUT2D eigenvalue weighted by atomic mass is 9.95. The number of hydrogen-bond acceptors (Lipinski definition) is 2. The van der Waals surface area contributed by atoms with Gasteiger partial charge < -0.3 is 0 Å². The Kier molecular flexibility index (Phi) is 5.78. The highest BCUT2D eigenvalue weighted by Gasteiger charge is 2.16. The quantitative estimate of drug-likeness (QED) is 0.574. The maximum Gasteiger partial charge on any atom is 0.0705 e. The Balaban J connectivity index is 1.97. The van der Waals surface area contributed by atoms with E-state index in [1.807, 2.05) is 6.20 Å². The molecule has 1 aromatic heterocycles. The van der Waals surface area contributed by atoms with Gasteiger partial charge in [-0.1, -0.05) is 51.0 Å². The molecule has 3 rings (SSSR count). The van der Waals surface area contributed by atoms with Gasteiger partial charge in [0.15, 0.2) is 0 Å². The van der Waals surface area contributed by atoms with Crippen molar-refractivity contribution >= 4 is 17.3 Å². The predicted octanol–water partition coefficient (Wildman–Crippen LogP) is 6.55. The standard InChI is InChI=1S/C22H27NS/c1-16(2)19-10-13-22(23-15-19)21(14-17-6-4-5-7-17)18-8-11-20(24-3)12-9-18/h8-17H,4-7H2,1-3H3/b21-14+. The summed E-state index contributed by atoms with van der Waals surface area (Å²) in [6.07, 6.45) is 12.0. The molecule has 1 aromatic carbocycles. The van der Waals surface area contributed by atoms with Crippen molar-refractivity contribution < 1.29 is 0 Å². The van der Waals surface area contributed by atoms with E-state index in [2.05, 4.69) is 62.6 Å². The minimum atomic E-state index is 0.523. The highest BCUT2D eigenvalue weighted by Crippen LogP contribution is 2.32. The van der Waals surface area contributed by atoms with Gasteiger partial charge in [-0.3, -0.25) is 4.98 Å². The third-order valence-electron chi connectivity index (χ3n) is 4.93. The molecule has 0 radical (unpaired) electrons. The zero-order chi connectivity index (χ0) is 16.9. The molecule has 0 spiro atoms. The van der Waals surface area contributed by atoms with E-state index >= 15 is 0 Å². The van der Waals surface area contributed by atoms with E-state index in [-0.39, 0.29) is 0 Å². The Labute approximate surface area is 150 Å². The number of rotatable bonds is 5. The lowest BCUT2D eigenvalue weighted by Gasteiger charge is -2.13. The summed E-state index contributed by atoms with van der Waals surface area (Å²) >= 11 is 1.79. The Bertz CT molecular complexity index is 677. The summed E-state index contributed by atoms with van der Waals surface area (Å²) in [6.45, 7) is 4.43. The average Bonchev–Trinajstić information content (AvgIpc) is 3.13. The van der Waals surface area contributed by atoms with Crippen LogP contribution in [0.3, 0.4) is 0 Å². The van der Waals surface area contributed by atoms with Crippen molar-refractivity contribution in [3.05, 3.63) is 65.5 Å². The molecule has 1 aliphatic carbocycles. The molecule has 0 atom stereocenters. The summed E-state index contributed by atoms with van der Waals surface area (Å²) < 4.78 is 0. The molecule has 0 saturated heterocycles. The van der Waals surface area contributed by atoms with Gasteiger partial charge in [-0.15, -0.1) is 11.8 Å². The van der Waals surface area contributed by atoms with Crippen LogP contribution in [0.4, 0.5) is 0 Å². The molecule has 0 amide bonds. The molecule has 0 unspecified atom stereocenters. The SMILES string of the molecule is CSc1ccc(/C(=C\C2CCCC2)c2ccc(C(C)C)cn2)cc1. The fraction of sp³-hybridized carbons (Fsp3) is 0.409. The van der Waals surface area contributed by atoms with Crippen molar-refractivity contribution in [2.24, 2.45) is 5.92 Å². The maximum atomic E-state index is 4.79. The monoisotopic (exact) mass is 337 g/mol. The molecular formula is C22H27NS. The molecule has 0 aliphatic heterocycles. The van der Waals surface area contributed by atoms with Crippen LogP contribution >= 0.6 is 11.8 Å². The molecule has 2 aromatic rings. The van der Waals surface area contributed by atoms with Crippen LogP contribution in [0, 0.1) is 5.92 Å². The van der Waals surface area contributed by atoms with E-state index in [1.54, 1.807) is 11.8 Å². The number of benzene rings is 1. The van der Waals surface area contributed by atoms with E-state index in [9.17, 15) is 0 Å². The molecule has 0 N–H and O–H groups in total. The van der Waals surface area contributed by atoms with Crippen molar-refractivity contribution in [1.82, 2.24) is 4.98 Å². The summed E-state index contributed by atoms with van der Waals surface area (Å²) in [7, 11) is 0. The summed E-state index contributed by atoms with van der Waals surface area (Å²) in [4.78, 5) is 6.10. The number of hydrogen-bond donors (Lipinski definition) is 0. The Morgan fingerprint density at radius 2 is 1.79 bits per heavy atom. The Morgan fingerprint density at radius 3 is 2.33 bits per heavy atom. The number of allylic oxidation sites excluding steroid dienone is 1. The average molecular weight is 338 g/mol. The highest BCUT2D eigenvalue weighted by molar-refractivity contribution is 7.98. The van der Waals surface area contributed by atoms with Crippen molar-refractivity contribution in [2.45, 2.75) is 50.3 Å². The van der Waals surface area contributed by atoms with Gasteiger partial charge in [-0.25, -0.2) is 0 Å². The molecule has 0 bridgehead atoms. The van der Waals surface area contributed by atoms with Gasteiger partial charge in [0.25, 0.3) is 0 Å². The number of thioether (sulfide) groups is 1. The molecular weight excluding hydrogens is 310 g/mol. The molecule has 24 heavy (non-hydrogen) atoms. The first kappa shape index (κ1) is 17.3. The fourth-order valence-corrected chi connectivity index (χ4v) is 3.77. The van der Waals surface area contributed by atoms with Crippen LogP contribution in [-0.2, 0) is 0 Å². The second kappa shape index (κ2) is 8.02. The smallest absolute Gasteiger partial charge is 0.0705 e.